The summed E-state index contributed by atoms with van der Waals surface area (Å²) in [6, 6.07) is 31.1. The summed E-state index contributed by atoms with van der Waals surface area (Å²) in [5, 5.41) is 4.48. The second-order valence-corrected chi connectivity index (χ2v) is 9.33. The Labute approximate surface area is 158 Å². The zero-order valence-corrected chi connectivity index (χ0v) is 16.4. The molecule has 0 bridgehead atoms. The van der Waals surface area contributed by atoms with Crippen LogP contribution in [-0.4, -0.2) is 8.80 Å². The minimum absolute atomic E-state index is 1.02. The fourth-order valence-corrected chi connectivity index (χ4v) is 6.81. The average Bonchev–Trinajstić information content (AvgIpc) is 3.05. The second-order valence-electron chi connectivity index (χ2n) is 6.92. The van der Waals surface area contributed by atoms with Crippen LogP contribution in [0.5, 0.6) is 0 Å². The van der Waals surface area contributed by atoms with E-state index in [1.54, 1.807) is 5.20 Å². The summed E-state index contributed by atoms with van der Waals surface area (Å²) < 4.78 is 0. The van der Waals surface area contributed by atoms with Crippen LogP contribution in [0.4, 0.5) is 0 Å². The molecule has 0 spiro atoms. The minimum atomic E-state index is -1.02. The molecule has 0 amide bonds. The van der Waals surface area contributed by atoms with Crippen LogP contribution >= 0.6 is 0 Å². The Kier molecular flexibility index (Phi) is 4.72. The van der Waals surface area contributed by atoms with E-state index in [1.165, 1.54) is 32.6 Å². The normalized spacial score (nSPS) is 14.0. The van der Waals surface area contributed by atoms with Crippen molar-refractivity contribution in [1.29, 1.82) is 0 Å². The van der Waals surface area contributed by atoms with Crippen LogP contribution in [0.3, 0.4) is 0 Å². The molecule has 1 heteroatoms. The second kappa shape index (κ2) is 7.31. The van der Waals surface area contributed by atoms with Crippen LogP contribution in [-0.2, 0) is 0 Å². The van der Waals surface area contributed by atoms with Gasteiger partial charge in [-0.3, -0.25) is 0 Å². The van der Waals surface area contributed by atoms with Gasteiger partial charge in [-0.05, 0) is 36.6 Å². The third-order valence-corrected chi connectivity index (χ3v) is 8.07. The largest absolute Gasteiger partial charge is 0.155 e. The number of allylic oxidation sites excluding steroid dienone is 4. The van der Waals surface area contributed by atoms with Crippen molar-refractivity contribution < 1.29 is 0 Å². The lowest BCUT2D eigenvalue weighted by Gasteiger charge is -2.21. The quantitative estimate of drug-likeness (QED) is 0.584. The van der Waals surface area contributed by atoms with Gasteiger partial charge >= 0.3 is 0 Å². The van der Waals surface area contributed by atoms with Gasteiger partial charge in [0.25, 0.3) is 0 Å². The molecule has 1 radical (unpaired) electrons. The predicted molar refractivity (Wildman–Crippen MR) is 114 cm³/mol. The summed E-state index contributed by atoms with van der Waals surface area (Å²) in [5.74, 6) is 0. The van der Waals surface area contributed by atoms with Crippen molar-refractivity contribution in [3.63, 3.8) is 0 Å². The van der Waals surface area contributed by atoms with Crippen LogP contribution in [0.25, 0.3) is 5.57 Å². The highest BCUT2D eigenvalue weighted by molar-refractivity contribution is 6.92. The summed E-state index contributed by atoms with van der Waals surface area (Å²) in [4.78, 5) is 0. The van der Waals surface area contributed by atoms with Gasteiger partial charge in [-0.1, -0.05) is 113 Å². The van der Waals surface area contributed by atoms with E-state index in [4.69, 9.17) is 0 Å². The number of aryl methyl sites for hydroxylation is 1. The first-order valence-corrected chi connectivity index (χ1v) is 10.7. The standard InChI is InChI=1S/C25H23Si/c1-19-10-9-11-21(18-19)24-17-16-20(2)25(24)26(22-12-5-3-6-13-22)23-14-7-4-8-15-23/h3-16,18H,17H2,1-2H3. The molecular formula is C25H23Si. The maximum atomic E-state index is 2.41. The van der Waals surface area contributed by atoms with Crippen LogP contribution < -0.4 is 10.4 Å². The van der Waals surface area contributed by atoms with Gasteiger partial charge in [-0.15, -0.1) is 0 Å². The molecule has 0 unspecified atom stereocenters. The van der Waals surface area contributed by atoms with E-state index < -0.39 is 8.80 Å². The van der Waals surface area contributed by atoms with Crippen LogP contribution in [0.1, 0.15) is 24.5 Å². The first-order valence-electron chi connectivity index (χ1n) is 9.19. The summed E-state index contributed by atoms with van der Waals surface area (Å²) in [6.07, 6.45) is 3.45. The lowest BCUT2D eigenvalue weighted by molar-refractivity contribution is 1.38. The number of benzene rings is 3. The topological polar surface area (TPSA) is 0 Å². The molecule has 0 saturated heterocycles. The minimum Gasteiger partial charge on any atom is -0.0773 e. The first-order chi connectivity index (χ1) is 12.7. The fraction of sp³-hybridized carbons (Fsp3) is 0.120. The van der Waals surface area contributed by atoms with E-state index in [0.717, 1.165) is 6.42 Å². The highest BCUT2D eigenvalue weighted by atomic mass is 28.3. The lowest BCUT2D eigenvalue weighted by Crippen LogP contribution is -2.44. The molecule has 0 N–H and O–H groups in total. The zero-order valence-electron chi connectivity index (χ0n) is 15.4. The van der Waals surface area contributed by atoms with Crippen molar-refractivity contribution in [1.82, 2.24) is 0 Å². The third-order valence-electron chi connectivity index (χ3n) is 5.05. The molecule has 0 fully saturated rings. The predicted octanol–water partition coefficient (Wildman–Crippen LogP) is 4.95. The lowest BCUT2D eigenvalue weighted by atomic mass is 10.0. The Hall–Kier alpha value is -2.64. The fourth-order valence-electron chi connectivity index (χ4n) is 3.81. The van der Waals surface area contributed by atoms with Gasteiger partial charge in [-0.25, -0.2) is 0 Å². The summed E-state index contributed by atoms with van der Waals surface area (Å²) in [7, 11) is -1.02. The Morgan fingerprint density at radius 3 is 1.88 bits per heavy atom. The summed E-state index contributed by atoms with van der Waals surface area (Å²) >= 11 is 0. The van der Waals surface area contributed by atoms with Gasteiger partial charge in [-0.2, -0.15) is 0 Å². The molecular weight excluding hydrogens is 328 g/mol. The van der Waals surface area contributed by atoms with Crippen molar-refractivity contribution in [2.24, 2.45) is 0 Å². The van der Waals surface area contributed by atoms with Crippen LogP contribution in [0.2, 0.25) is 0 Å². The van der Waals surface area contributed by atoms with E-state index >= 15 is 0 Å². The van der Waals surface area contributed by atoms with Crippen molar-refractivity contribution in [2.75, 3.05) is 0 Å². The molecule has 4 rings (SSSR count). The van der Waals surface area contributed by atoms with Gasteiger partial charge in [0.2, 0.25) is 0 Å². The highest BCUT2D eigenvalue weighted by Crippen LogP contribution is 2.35. The molecule has 26 heavy (non-hydrogen) atoms. The molecule has 0 aromatic heterocycles. The molecule has 3 aromatic rings. The van der Waals surface area contributed by atoms with Crippen molar-refractivity contribution >= 4 is 24.7 Å². The molecule has 3 aromatic carbocycles. The number of hydrogen-bond acceptors (Lipinski definition) is 0. The molecule has 0 saturated carbocycles. The molecule has 0 atom stereocenters. The number of hydrogen-bond donors (Lipinski definition) is 0. The first kappa shape index (κ1) is 16.8. The van der Waals surface area contributed by atoms with Gasteiger partial charge in [0.1, 0.15) is 0 Å². The van der Waals surface area contributed by atoms with E-state index in [0.29, 0.717) is 0 Å². The zero-order chi connectivity index (χ0) is 17.9. The van der Waals surface area contributed by atoms with Crippen LogP contribution in [0, 0.1) is 6.92 Å². The molecule has 0 heterocycles. The van der Waals surface area contributed by atoms with Gasteiger partial charge in [0.15, 0.2) is 8.80 Å². The summed E-state index contributed by atoms with van der Waals surface area (Å²) in [6.45, 7) is 4.47. The molecule has 127 valence electrons. The van der Waals surface area contributed by atoms with E-state index in [1.807, 2.05) is 0 Å². The van der Waals surface area contributed by atoms with Gasteiger partial charge in [0.05, 0.1) is 0 Å². The van der Waals surface area contributed by atoms with Crippen molar-refractivity contribution in [3.8, 4) is 0 Å². The monoisotopic (exact) mass is 351 g/mol. The SMILES string of the molecule is CC1=CCC(c2cccc(C)c2)=C1[Si](c1ccccc1)c1ccccc1. The third kappa shape index (κ3) is 3.23. The molecule has 0 aliphatic heterocycles. The Balaban J connectivity index is 1.93. The Bertz CT molecular complexity index is 926. The Morgan fingerprint density at radius 2 is 1.31 bits per heavy atom. The van der Waals surface area contributed by atoms with Gasteiger partial charge in [0, 0.05) is 0 Å². The molecule has 1 aliphatic rings. The average molecular weight is 352 g/mol. The number of rotatable bonds is 4. The molecule has 1 aliphatic carbocycles. The highest BCUT2D eigenvalue weighted by Gasteiger charge is 2.28. The van der Waals surface area contributed by atoms with E-state index in [9.17, 15) is 0 Å². The van der Waals surface area contributed by atoms with E-state index in [-0.39, 0.29) is 0 Å². The maximum absolute atomic E-state index is 2.41. The van der Waals surface area contributed by atoms with Crippen molar-refractivity contribution in [3.05, 3.63) is 113 Å². The summed E-state index contributed by atoms with van der Waals surface area (Å²) in [5.41, 5.74) is 5.66. The van der Waals surface area contributed by atoms with Gasteiger partial charge < -0.3 is 0 Å². The maximum Gasteiger partial charge on any atom is 0.155 e. The molecule has 0 nitrogen and oxygen atoms in total. The Morgan fingerprint density at radius 1 is 0.692 bits per heavy atom. The smallest absolute Gasteiger partial charge is 0.0773 e. The van der Waals surface area contributed by atoms with Crippen molar-refractivity contribution in [2.45, 2.75) is 20.3 Å². The van der Waals surface area contributed by atoms with E-state index in [2.05, 4.69) is 105 Å². The van der Waals surface area contributed by atoms with Crippen LogP contribution in [0.15, 0.2) is 102 Å².